The number of ether oxygens (including phenoxy) is 2. The van der Waals surface area contributed by atoms with Gasteiger partial charge in [-0.15, -0.1) is 0 Å². The SMILES string of the molecule is CC.COCCOCc1ccccc1. The van der Waals surface area contributed by atoms with E-state index in [2.05, 4.69) is 0 Å². The first-order chi connectivity index (χ1) is 6.93. The third kappa shape index (κ3) is 6.63. The van der Waals surface area contributed by atoms with E-state index in [9.17, 15) is 0 Å². The molecule has 0 saturated carbocycles. The maximum Gasteiger partial charge on any atom is 0.0718 e. The first-order valence-electron chi connectivity index (χ1n) is 5.04. The predicted octanol–water partition coefficient (Wildman–Crippen LogP) is 2.88. The smallest absolute Gasteiger partial charge is 0.0718 e. The third-order valence-corrected chi connectivity index (χ3v) is 1.54. The predicted molar refractivity (Wildman–Crippen MR) is 59.3 cm³/mol. The van der Waals surface area contributed by atoms with E-state index in [-0.39, 0.29) is 0 Å². The Kier molecular flexibility index (Phi) is 9.59. The summed E-state index contributed by atoms with van der Waals surface area (Å²) < 4.78 is 10.2. The summed E-state index contributed by atoms with van der Waals surface area (Å²) in [5, 5.41) is 0. The van der Waals surface area contributed by atoms with Crippen molar-refractivity contribution in [1.82, 2.24) is 0 Å². The lowest BCUT2D eigenvalue weighted by molar-refractivity contribution is 0.0616. The molecule has 0 bridgehead atoms. The summed E-state index contributed by atoms with van der Waals surface area (Å²) in [4.78, 5) is 0. The van der Waals surface area contributed by atoms with Crippen molar-refractivity contribution >= 4 is 0 Å². The fourth-order valence-electron chi connectivity index (χ4n) is 0.907. The van der Waals surface area contributed by atoms with Gasteiger partial charge in [-0.3, -0.25) is 0 Å². The second-order valence-corrected chi connectivity index (χ2v) is 2.53. The van der Waals surface area contributed by atoms with Crippen molar-refractivity contribution < 1.29 is 9.47 Å². The van der Waals surface area contributed by atoms with Crippen molar-refractivity contribution in [3.63, 3.8) is 0 Å². The zero-order chi connectivity index (χ0) is 10.6. The molecule has 0 amide bonds. The molecule has 0 aromatic heterocycles. The van der Waals surface area contributed by atoms with Gasteiger partial charge in [0, 0.05) is 7.11 Å². The van der Waals surface area contributed by atoms with Crippen molar-refractivity contribution in [3.8, 4) is 0 Å². The number of methoxy groups -OCH3 is 1. The second kappa shape index (κ2) is 10.2. The van der Waals surface area contributed by atoms with Crippen molar-refractivity contribution in [3.05, 3.63) is 35.9 Å². The molecule has 2 nitrogen and oxygen atoms in total. The van der Waals surface area contributed by atoms with Gasteiger partial charge in [-0.2, -0.15) is 0 Å². The molecular weight excluding hydrogens is 176 g/mol. The van der Waals surface area contributed by atoms with E-state index in [4.69, 9.17) is 9.47 Å². The number of hydrogen-bond donors (Lipinski definition) is 0. The molecule has 1 aromatic rings. The van der Waals surface area contributed by atoms with E-state index < -0.39 is 0 Å². The molecule has 0 N–H and O–H groups in total. The molecule has 0 aliphatic rings. The minimum Gasteiger partial charge on any atom is -0.382 e. The van der Waals surface area contributed by atoms with Gasteiger partial charge in [0.1, 0.15) is 0 Å². The van der Waals surface area contributed by atoms with Crippen molar-refractivity contribution in [2.75, 3.05) is 20.3 Å². The molecule has 14 heavy (non-hydrogen) atoms. The van der Waals surface area contributed by atoms with Crippen LogP contribution < -0.4 is 0 Å². The Morgan fingerprint density at radius 2 is 1.64 bits per heavy atom. The molecule has 2 heteroatoms. The van der Waals surface area contributed by atoms with Crippen LogP contribution >= 0.6 is 0 Å². The zero-order valence-electron chi connectivity index (χ0n) is 9.32. The summed E-state index contributed by atoms with van der Waals surface area (Å²) in [7, 11) is 1.67. The van der Waals surface area contributed by atoms with Crippen LogP contribution in [0, 0.1) is 0 Å². The maximum atomic E-state index is 5.34. The van der Waals surface area contributed by atoms with E-state index in [0.717, 1.165) is 0 Å². The first-order valence-corrected chi connectivity index (χ1v) is 5.04. The van der Waals surface area contributed by atoms with Crippen LogP contribution in [-0.2, 0) is 16.1 Å². The van der Waals surface area contributed by atoms with Gasteiger partial charge in [-0.05, 0) is 5.56 Å². The average Bonchev–Trinajstić information content (AvgIpc) is 2.29. The highest BCUT2D eigenvalue weighted by atomic mass is 16.5. The standard InChI is InChI=1S/C10H14O2.C2H6/c1-11-7-8-12-9-10-5-3-2-4-6-10;1-2/h2-6H,7-9H2,1H3;1-2H3. The second-order valence-electron chi connectivity index (χ2n) is 2.53. The minimum atomic E-state index is 0.658. The number of rotatable bonds is 5. The van der Waals surface area contributed by atoms with Gasteiger partial charge in [-0.25, -0.2) is 0 Å². The molecule has 0 aliphatic heterocycles. The van der Waals surface area contributed by atoms with Crippen LogP contribution in [0.15, 0.2) is 30.3 Å². The fourth-order valence-corrected chi connectivity index (χ4v) is 0.907. The van der Waals surface area contributed by atoms with Crippen LogP contribution in [0.2, 0.25) is 0 Å². The molecule has 0 heterocycles. The zero-order valence-corrected chi connectivity index (χ0v) is 9.32. The fraction of sp³-hybridized carbons (Fsp3) is 0.500. The summed E-state index contributed by atoms with van der Waals surface area (Å²) in [6, 6.07) is 10.1. The van der Waals surface area contributed by atoms with Crippen LogP contribution in [0.25, 0.3) is 0 Å². The van der Waals surface area contributed by atoms with E-state index >= 15 is 0 Å². The Balaban J connectivity index is 0.000000791. The lowest BCUT2D eigenvalue weighted by Gasteiger charge is -2.02. The van der Waals surface area contributed by atoms with Crippen molar-refractivity contribution in [2.45, 2.75) is 20.5 Å². The summed E-state index contributed by atoms with van der Waals surface area (Å²) in [5.74, 6) is 0. The van der Waals surface area contributed by atoms with Gasteiger partial charge in [0.2, 0.25) is 0 Å². The molecule has 0 unspecified atom stereocenters. The number of hydrogen-bond acceptors (Lipinski definition) is 2. The topological polar surface area (TPSA) is 18.5 Å². The Morgan fingerprint density at radius 3 is 2.21 bits per heavy atom. The molecule has 0 saturated heterocycles. The highest BCUT2D eigenvalue weighted by molar-refractivity contribution is 5.13. The highest BCUT2D eigenvalue weighted by Crippen LogP contribution is 1.99. The van der Waals surface area contributed by atoms with Gasteiger partial charge in [0.05, 0.1) is 19.8 Å². The average molecular weight is 196 g/mol. The summed E-state index contributed by atoms with van der Waals surface area (Å²) in [5.41, 5.74) is 1.20. The lowest BCUT2D eigenvalue weighted by Crippen LogP contribution is -2.01. The van der Waals surface area contributed by atoms with Crippen LogP contribution in [0.3, 0.4) is 0 Å². The van der Waals surface area contributed by atoms with Gasteiger partial charge >= 0.3 is 0 Å². The molecule has 0 aliphatic carbocycles. The van der Waals surface area contributed by atoms with Crippen molar-refractivity contribution in [1.29, 1.82) is 0 Å². The molecule has 0 radical (unpaired) electrons. The van der Waals surface area contributed by atoms with Crippen LogP contribution in [0.1, 0.15) is 19.4 Å². The van der Waals surface area contributed by atoms with E-state index in [1.54, 1.807) is 7.11 Å². The lowest BCUT2D eigenvalue weighted by atomic mass is 10.2. The molecule has 0 fully saturated rings. The monoisotopic (exact) mass is 196 g/mol. The highest BCUT2D eigenvalue weighted by Gasteiger charge is 1.89. The van der Waals surface area contributed by atoms with E-state index in [1.165, 1.54) is 5.56 Å². The van der Waals surface area contributed by atoms with E-state index in [1.807, 2.05) is 44.2 Å². The van der Waals surface area contributed by atoms with Crippen LogP contribution in [-0.4, -0.2) is 20.3 Å². The van der Waals surface area contributed by atoms with Gasteiger partial charge < -0.3 is 9.47 Å². The van der Waals surface area contributed by atoms with Gasteiger partial charge in [-0.1, -0.05) is 44.2 Å². The summed E-state index contributed by atoms with van der Waals surface area (Å²) >= 11 is 0. The van der Waals surface area contributed by atoms with Crippen LogP contribution in [0.4, 0.5) is 0 Å². The molecule has 0 spiro atoms. The largest absolute Gasteiger partial charge is 0.382 e. The minimum absolute atomic E-state index is 0.658. The summed E-state index contributed by atoms with van der Waals surface area (Å²) in [6.07, 6.45) is 0. The normalized spacial score (nSPS) is 9.07. The molecule has 1 rings (SSSR count). The third-order valence-electron chi connectivity index (χ3n) is 1.54. The van der Waals surface area contributed by atoms with Crippen molar-refractivity contribution in [2.24, 2.45) is 0 Å². The Bertz CT molecular complexity index is 197. The Morgan fingerprint density at radius 1 is 1.00 bits per heavy atom. The van der Waals surface area contributed by atoms with Crippen LogP contribution in [0.5, 0.6) is 0 Å². The molecule has 80 valence electrons. The van der Waals surface area contributed by atoms with Gasteiger partial charge in [0.15, 0.2) is 0 Å². The first kappa shape index (κ1) is 13.1. The molecular formula is C12H20O2. The number of benzene rings is 1. The van der Waals surface area contributed by atoms with E-state index in [0.29, 0.717) is 19.8 Å². The quantitative estimate of drug-likeness (QED) is 0.674. The molecule has 0 atom stereocenters. The summed E-state index contributed by atoms with van der Waals surface area (Å²) in [6.45, 7) is 5.99. The maximum absolute atomic E-state index is 5.34. The Labute approximate surface area is 86.9 Å². The van der Waals surface area contributed by atoms with Gasteiger partial charge in [0.25, 0.3) is 0 Å². The Hall–Kier alpha value is -0.860. The molecule has 1 aromatic carbocycles.